The number of hydrogen-bond acceptors (Lipinski definition) is 6. The predicted molar refractivity (Wildman–Crippen MR) is 127 cm³/mol. The van der Waals surface area contributed by atoms with Crippen LogP contribution in [0.25, 0.3) is 28.5 Å². The van der Waals surface area contributed by atoms with Gasteiger partial charge >= 0.3 is 0 Å². The van der Waals surface area contributed by atoms with E-state index in [9.17, 15) is 4.79 Å². The molecule has 152 valence electrons. The van der Waals surface area contributed by atoms with Gasteiger partial charge in [-0.3, -0.25) is 15.3 Å². The van der Waals surface area contributed by atoms with Crippen molar-refractivity contribution in [3.63, 3.8) is 0 Å². The fourth-order valence-electron chi connectivity index (χ4n) is 3.24. The zero-order valence-corrected chi connectivity index (χ0v) is 18.3. The Morgan fingerprint density at radius 2 is 1.71 bits per heavy atom. The lowest BCUT2D eigenvalue weighted by Crippen LogP contribution is -2.27. The molecule has 0 saturated carbocycles. The van der Waals surface area contributed by atoms with Crippen LogP contribution in [-0.2, 0) is 4.79 Å². The van der Waals surface area contributed by atoms with Crippen molar-refractivity contribution in [2.75, 3.05) is 4.90 Å². The number of anilines is 1. The SMILES string of the molecule is N=C1S/C(=C\c2cn[nH]c2-c2ccc(-c3ccc(Cl)cc3)cc2)C(=O)N1c1nccs1. The van der Waals surface area contributed by atoms with Crippen molar-refractivity contribution < 1.29 is 4.79 Å². The molecule has 2 N–H and O–H groups in total. The molecule has 0 spiro atoms. The Labute approximate surface area is 191 Å². The number of thiazole rings is 1. The Balaban J connectivity index is 1.43. The molecule has 1 amide bonds. The highest BCUT2D eigenvalue weighted by Gasteiger charge is 2.35. The van der Waals surface area contributed by atoms with Gasteiger partial charge in [-0.1, -0.05) is 48.0 Å². The highest BCUT2D eigenvalue weighted by Crippen LogP contribution is 2.37. The van der Waals surface area contributed by atoms with E-state index in [0.717, 1.165) is 39.7 Å². The van der Waals surface area contributed by atoms with E-state index in [1.165, 1.54) is 16.2 Å². The highest BCUT2D eigenvalue weighted by molar-refractivity contribution is 8.19. The van der Waals surface area contributed by atoms with Gasteiger partial charge in [-0.15, -0.1) is 11.3 Å². The van der Waals surface area contributed by atoms with Gasteiger partial charge in [0.2, 0.25) is 0 Å². The lowest BCUT2D eigenvalue weighted by atomic mass is 10.0. The third-order valence-corrected chi connectivity index (χ3v) is 6.64. The average molecular weight is 464 g/mol. The molecule has 5 rings (SSSR count). The van der Waals surface area contributed by atoms with Gasteiger partial charge < -0.3 is 0 Å². The normalized spacial score (nSPS) is 15.3. The summed E-state index contributed by atoms with van der Waals surface area (Å²) in [5, 5.41) is 18.5. The molecule has 6 nitrogen and oxygen atoms in total. The molecule has 1 aliphatic heterocycles. The monoisotopic (exact) mass is 463 g/mol. The molecule has 4 aromatic rings. The second-order valence-corrected chi connectivity index (χ2v) is 9.00. The molecule has 1 fully saturated rings. The number of amidine groups is 1. The second kappa shape index (κ2) is 8.14. The first-order valence-corrected chi connectivity index (χ1v) is 11.3. The van der Waals surface area contributed by atoms with Gasteiger partial charge in [-0.25, -0.2) is 9.88 Å². The Morgan fingerprint density at radius 3 is 2.39 bits per heavy atom. The van der Waals surface area contributed by atoms with Crippen molar-refractivity contribution in [2.24, 2.45) is 0 Å². The van der Waals surface area contributed by atoms with Crippen molar-refractivity contribution >= 4 is 57.0 Å². The largest absolute Gasteiger partial charge is 0.278 e. The van der Waals surface area contributed by atoms with E-state index in [0.29, 0.717) is 15.1 Å². The first-order valence-electron chi connectivity index (χ1n) is 9.22. The number of benzene rings is 2. The molecule has 9 heteroatoms. The molecule has 0 unspecified atom stereocenters. The smallest absolute Gasteiger partial charge is 0.273 e. The van der Waals surface area contributed by atoms with Gasteiger partial charge in [-0.05, 0) is 41.1 Å². The van der Waals surface area contributed by atoms with E-state index in [1.54, 1.807) is 23.8 Å². The summed E-state index contributed by atoms with van der Waals surface area (Å²) in [7, 11) is 0. The lowest BCUT2D eigenvalue weighted by molar-refractivity contribution is -0.113. The number of H-pyrrole nitrogens is 1. The number of nitrogens with one attached hydrogen (secondary N) is 2. The summed E-state index contributed by atoms with van der Waals surface area (Å²) < 4.78 is 0. The summed E-state index contributed by atoms with van der Waals surface area (Å²) in [6, 6.07) is 15.8. The summed E-state index contributed by atoms with van der Waals surface area (Å²) in [5.74, 6) is -0.254. The molecule has 2 aromatic carbocycles. The fraction of sp³-hybridized carbons (Fsp3) is 0. The van der Waals surface area contributed by atoms with Gasteiger partial charge in [-0.2, -0.15) is 5.10 Å². The molecule has 0 radical (unpaired) electrons. The Hall–Kier alpha value is -3.20. The van der Waals surface area contributed by atoms with Gasteiger partial charge in [0.05, 0.1) is 16.8 Å². The van der Waals surface area contributed by atoms with E-state index < -0.39 is 0 Å². The van der Waals surface area contributed by atoms with Gasteiger partial charge in [0.1, 0.15) is 0 Å². The zero-order chi connectivity index (χ0) is 21.4. The molecule has 31 heavy (non-hydrogen) atoms. The summed E-state index contributed by atoms with van der Waals surface area (Å²) in [5.41, 5.74) is 4.70. The van der Waals surface area contributed by atoms with Crippen LogP contribution in [-0.4, -0.2) is 26.3 Å². The minimum absolute atomic E-state index is 0.142. The number of thioether (sulfide) groups is 1. The zero-order valence-electron chi connectivity index (χ0n) is 15.9. The quantitative estimate of drug-likeness (QED) is 0.368. The summed E-state index contributed by atoms with van der Waals surface area (Å²) >= 11 is 8.42. The molecule has 3 heterocycles. The number of carbonyl (C=O) groups excluding carboxylic acids is 1. The number of rotatable bonds is 4. The molecular weight excluding hydrogens is 450 g/mol. The number of aromatic amines is 1. The number of nitrogens with zero attached hydrogens (tertiary/aromatic N) is 3. The number of halogens is 1. The third-order valence-electron chi connectivity index (χ3n) is 4.74. The van der Waals surface area contributed by atoms with E-state index in [-0.39, 0.29) is 11.1 Å². The number of hydrogen-bond donors (Lipinski definition) is 2. The molecule has 1 aliphatic rings. The van der Waals surface area contributed by atoms with Crippen LogP contribution in [0.4, 0.5) is 5.13 Å². The van der Waals surface area contributed by atoms with E-state index in [2.05, 4.69) is 15.2 Å². The first kappa shape index (κ1) is 19.7. The van der Waals surface area contributed by atoms with Crippen molar-refractivity contribution in [3.8, 4) is 22.4 Å². The average Bonchev–Trinajstić information content (AvgIpc) is 3.51. The van der Waals surface area contributed by atoms with Gasteiger partial charge in [0.15, 0.2) is 10.3 Å². The summed E-state index contributed by atoms with van der Waals surface area (Å²) in [6.45, 7) is 0. The molecule has 0 aliphatic carbocycles. The van der Waals surface area contributed by atoms with E-state index in [1.807, 2.05) is 48.5 Å². The number of aromatic nitrogens is 3. The minimum Gasteiger partial charge on any atom is -0.278 e. The maximum absolute atomic E-state index is 12.8. The van der Waals surface area contributed by atoms with Crippen LogP contribution in [0.5, 0.6) is 0 Å². The highest BCUT2D eigenvalue weighted by atomic mass is 35.5. The summed E-state index contributed by atoms with van der Waals surface area (Å²) in [4.78, 5) is 18.8. The van der Waals surface area contributed by atoms with Crippen LogP contribution in [0.3, 0.4) is 0 Å². The number of carbonyl (C=O) groups is 1. The Bertz CT molecular complexity index is 1290. The molecule has 2 aromatic heterocycles. The Morgan fingerprint density at radius 1 is 1.03 bits per heavy atom. The first-order chi connectivity index (χ1) is 15.1. The van der Waals surface area contributed by atoms with Crippen LogP contribution >= 0.6 is 34.7 Å². The molecule has 0 atom stereocenters. The topological polar surface area (TPSA) is 85.7 Å². The fourth-order valence-corrected chi connectivity index (χ4v) is 4.90. The van der Waals surface area contributed by atoms with Crippen LogP contribution in [0.15, 0.2) is 71.2 Å². The van der Waals surface area contributed by atoms with Crippen LogP contribution in [0, 0.1) is 5.41 Å². The van der Waals surface area contributed by atoms with Crippen molar-refractivity contribution in [3.05, 3.63) is 81.8 Å². The van der Waals surface area contributed by atoms with E-state index >= 15 is 0 Å². The standard InChI is InChI=1S/C22H14ClN5OS2/c23-17-7-5-14(6-8-17)13-1-3-15(4-2-13)19-16(12-26-27-19)11-18-20(29)28(21(24)31-18)22-25-9-10-30-22/h1-12,24H,(H,26,27)/b18-11-,24-21?. The van der Waals surface area contributed by atoms with E-state index in [4.69, 9.17) is 17.0 Å². The predicted octanol–water partition coefficient (Wildman–Crippen LogP) is 5.91. The number of amides is 1. The Kier molecular flexibility index (Phi) is 5.19. The van der Waals surface area contributed by atoms with Crippen LogP contribution < -0.4 is 4.90 Å². The van der Waals surface area contributed by atoms with Gasteiger partial charge in [0, 0.05) is 27.7 Å². The van der Waals surface area contributed by atoms with Gasteiger partial charge in [0.25, 0.3) is 5.91 Å². The molecule has 1 saturated heterocycles. The van der Waals surface area contributed by atoms with Crippen LogP contribution in [0.1, 0.15) is 5.56 Å². The lowest BCUT2D eigenvalue weighted by Gasteiger charge is -2.09. The minimum atomic E-state index is -0.254. The second-order valence-electron chi connectivity index (χ2n) is 6.66. The van der Waals surface area contributed by atoms with Crippen molar-refractivity contribution in [2.45, 2.75) is 0 Å². The third kappa shape index (κ3) is 3.81. The van der Waals surface area contributed by atoms with Crippen LogP contribution in [0.2, 0.25) is 5.02 Å². The maximum Gasteiger partial charge on any atom is 0.273 e. The maximum atomic E-state index is 12.8. The molecule has 0 bridgehead atoms. The van der Waals surface area contributed by atoms with Crippen molar-refractivity contribution in [1.82, 2.24) is 15.2 Å². The summed E-state index contributed by atoms with van der Waals surface area (Å²) in [6.07, 6.45) is 5.06. The molecular formula is C22H14ClN5OS2. The van der Waals surface area contributed by atoms with Crippen molar-refractivity contribution in [1.29, 1.82) is 5.41 Å².